The van der Waals surface area contributed by atoms with Crippen LogP contribution in [0.15, 0.2) is 65.6 Å². The zero-order valence-corrected chi connectivity index (χ0v) is 13.5. The molecule has 0 aliphatic rings. The zero-order chi connectivity index (χ0) is 15.7. The first kappa shape index (κ1) is 15.2. The summed E-state index contributed by atoms with van der Waals surface area (Å²) in [6, 6.07) is 17.3. The van der Waals surface area contributed by atoms with Crippen LogP contribution in [-0.2, 0) is 9.05 Å². The summed E-state index contributed by atoms with van der Waals surface area (Å²) in [5.41, 5.74) is 0. The number of hydrogen-bond acceptors (Lipinski definition) is 3. The summed E-state index contributed by atoms with van der Waals surface area (Å²) in [6.07, 6.45) is 0. The number of ether oxygens (including phenoxy) is 1. The van der Waals surface area contributed by atoms with Crippen LogP contribution in [0.4, 0.5) is 0 Å². The maximum atomic E-state index is 11.6. The van der Waals surface area contributed by atoms with E-state index in [9.17, 15) is 8.42 Å². The Balaban J connectivity index is 2.10. The van der Waals surface area contributed by atoms with Crippen molar-refractivity contribution in [3.63, 3.8) is 0 Å². The Labute approximate surface area is 137 Å². The number of hydrogen-bond donors (Lipinski definition) is 0. The van der Waals surface area contributed by atoms with Crippen molar-refractivity contribution in [1.82, 2.24) is 0 Å². The fraction of sp³-hybridized carbons (Fsp3) is 0. The first-order valence-electron chi connectivity index (χ1n) is 6.35. The van der Waals surface area contributed by atoms with E-state index in [1.54, 1.807) is 18.2 Å². The predicted molar refractivity (Wildman–Crippen MR) is 88.5 cm³/mol. The fourth-order valence-electron chi connectivity index (χ4n) is 2.15. The minimum absolute atomic E-state index is 0.0964. The molecule has 3 aromatic carbocycles. The normalized spacial score (nSPS) is 11.5. The van der Waals surface area contributed by atoms with E-state index in [0.717, 1.165) is 10.8 Å². The molecule has 6 heteroatoms. The van der Waals surface area contributed by atoms with Gasteiger partial charge in [0.2, 0.25) is 0 Å². The summed E-state index contributed by atoms with van der Waals surface area (Å²) in [7, 11) is 1.52. The number of para-hydroxylation sites is 1. The Morgan fingerprint density at radius 3 is 2.27 bits per heavy atom. The molecule has 0 fully saturated rings. The van der Waals surface area contributed by atoms with Crippen molar-refractivity contribution in [1.29, 1.82) is 0 Å². The Kier molecular flexibility index (Phi) is 4.00. The molecule has 0 atom stereocenters. The smallest absolute Gasteiger partial charge is 0.265 e. The van der Waals surface area contributed by atoms with Gasteiger partial charge < -0.3 is 4.74 Å². The highest BCUT2D eigenvalue weighted by Crippen LogP contribution is 2.37. The lowest BCUT2D eigenvalue weighted by molar-refractivity contribution is 0.469. The van der Waals surface area contributed by atoms with Crippen LogP contribution in [0.5, 0.6) is 11.5 Å². The molecule has 0 radical (unpaired) electrons. The van der Waals surface area contributed by atoms with Crippen LogP contribution in [0.2, 0.25) is 5.02 Å². The summed E-state index contributed by atoms with van der Waals surface area (Å²) in [5.74, 6) is 0.503. The molecular weight excluding hydrogens is 343 g/mol. The number of rotatable bonds is 3. The lowest BCUT2D eigenvalue weighted by Crippen LogP contribution is -1.96. The van der Waals surface area contributed by atoms with Crippen LogP contribution >= 0.6 is 22.3 Å². The molecule has 22 heavy (non-hydrogen) atoms. The topological polar surface area (TPSA) is 43.4 Å². The van der Waals surface area contributed by atoms with Crippen molar-refractivity contribution >= 4 is 42.1 Å². The molecule has 3 rings (SSSR count). The average molecular weight is 353 g/mol. The molecule has 0 aromatic heterocycles. The molecule has 0 saturated carbocycles. The summed E-state index contributed by atoms with van der Waals surface area (Å²) in [4.78, 5) is -0.0964. The van der Waals surface area contributed by atoms with Crippen molar-refractivity contribution < 1.29 is 13.2 Å². The van der Waals surface area contributed by atoms with Gasteiger partial charge in [-0.15, -0.1) is 0 Å². The highest BCUT2D eigenvalue weighted by Gasteiger charge is 2.18. The molecule has 3 nitrogen and oxygen atoms in total. The molecule has 3 aromatic rings. The Bertz CT molecular complexity index is 953. The van der Waals surface area contributed by atoms with Gasteiger partial charge in [-0.1, -0.05) is 54.1 Å². The van der Waals surface area contributed by atoms with E-state index in [0.29, 0.717) is 10.8 Å². The van der Waals surface area contributed by atoms with Crippen LogP contribution < -0.4 is 4.74 Å². The van der Waals surface area contributed by atoms with Gasteiger partial charge in [0.1, 0.15) is 16.4 Å². The lowest BCUT2D eigenvalue weighted by Gasteiger charge is -2.12. The first-order chi connectivity index (χ1) is 10.5. The highest BCUT2D eigenvalue weighted by atomic mass is 35.7. The second-order valence-electron chi connectivity index (χ2n) is 4.59. The van der Waals surface area contributed by atoms with Gasteiger partial charge in [0.25, 0.3) is 9.05 Å². The van der Waals surface area contributed by atoms with E-state index >= 15 is 0 Å². The van der Waals surface area contributed by atoms with Gasteiger partial charge >= 0.3 is 0 Å². The zero-order valence-electron chi connectivity index (χ0n) is 11.2. The molecule has 0 aliphatic carbocycles. The number of benzene rings is 3. The Morgan fingerprint density at radius 2 is 1.50 bits per heavy atom. The van der Waals surface area contributed by atoms with Crippen molar-refractivity contribution in [2.75, 3.05) is 0 Å². The maximum absolute atomic E-state index is 11.6. The van der Waals surface area contributed by atoms with E-state index in [1.165, 1.54) is 12.1 Å². The van der Waals surface area contributed by atoms with Crippen LogP contribution in [0, 0.1) is 0 Å². The second kappa shape index (κ2) is 5.80. The predicted octanol–water partition coefficient (Wildman–Crippen LogP) is 5.21. The summed E-state index contributed by atoms with van der Waals surface area (Å²) in [6.45, 7) is 0. The van der Waals surface area contributed by atoms with Crippen LogP contribution in [0.1, 0.15) is 0 Å². The van der Waals surface area contributed by atoms with Gasteiger partial charge in [-0.3, -0.25) is 0 Å². The lowest BCUT2D eigenvalue weighted by atomic mass is 10.1. The molecular formula is C16H10Cl2O3S. The number of fused-ring (bicyclic) bond motifs is 1. The summed E-state index contributed by atoms with van der Waals surface area (Å²) in [5, 5.41) is 2.21. The average Bonchev–Trinajstić information content (AvgIpc) is 2.50. The minimum atomic E-state index is -3.90. The third kappa shape index (κ3) is 2.90. The van der Waals surface area contributed by atoms with Gasteiger partial charge in [0.05, 0.1) is 5.02 Å². The van der Waals surface area contributed by atoms with Gasteiger partial charge in [-0.25, -0.2) is 8.42 Å². The summed E-state index contributed by atoms with van der Waals surface area (Å²) < 4.78 is 28.9. The van der Waals surface area contributed by atoms with E-state index < -0.39 is 9.05 Å². The SMILES string of the molecule is O=S(=O)(Cl)c1ccccc1Oc1ccc2ccccc2c1Cl. The van der Waals surface area contributed by atoms with Gasteiger partial charge in [-0.2, -0.15) is 0 Å². The van der Waals surface area contributed by atoms with Crippen LogP contribution in [0.3, 0.4) is 0 Å². The Morgan fingerprint density at radius 1 is 0.818 bits per heavy atom. The third-order valence-electron chi connectivity index (χ3n) is 3.16. The highest BCUT2D eigenvalue weighted by molar-refractivity contribution is 8.13. The molecule has 0 spiro atoms. The third-order valence-corrected chi connectivity index (χ3v) is 4.91. The van der Waals surface area contributed by atoms with Gasteiger partial charge in [0, 0.05) is 16.1 Å². The maximum Gasteiger partial charge on any atom is 0.265 e. The molecule has 0 bridgehead atoms. The minimum Gasteiger partial charge on any atom is -0.454 e. The molecule has 0 unspecified atom stereocenters. The van der Waals surface area contributed by atoms with Crippen LogP contribution in [0.25, 0.3) is 10.8 Å². The molecule has 0 saturated heterocycles. The van der Waals surface area contributed by atoms with Gasteiger partial charge in [0.15, 0.2) is 0 Å². The van der Waals surface area contributed by atoms with E-state index in [-0.39, 0.29) is 10.6 Å². The van der Waals surface area contributed by atoms with Crippen LogP contribution in [-0.4, -0.2) is 8.42 Å². The summed E-state index contributed by atoms with van der Waals surface area (Å²) >= 11 is 6.35. The second-order valence-corrected chi connectivity index (χ2v) is 7.50. The van der Waals surface area contributed by atoms with Crippen molar-refractivity contribution in [3.05, 3.63) is 65.7 Å². The van der Waals surface area contributed by atoms with E-state index in [2.05, 4.69) is 0 Å². The molecule has 0 amide bonds. The quantitative estimate of drug-likeness (QED) is 0.607. The van der Waals surface area contributed by atoms with E-state index in [1.807, 2.05) is 30.3 Å². The molecule has 0 heterocycles. The monoisotopic (exact) mass is 352 g/mol. The Hall–Kier alpha value is -1.75. The first-order valence-corrected chi connectivity index (χ1v) is 9.04. The van der Waals surface area contributed by atoms with Crippen molar-refractivity contribution in [2.24, 2.45) is 0 Å². The standard InChI is InChI=1S/C16H10Cl2O3S/c17-16-12-6-2-1-5-11(12)9-10-14(16)21-13-7-3-4-8-15(13)22(18,19)20/h1-10H. The fourth-order valence-corrected chi connectivity index (χ4v) is 3.39. The largest absolute Gasteiger partial charge is 0.454 e. The van der Waals surface area contributed by atoms with Crippen molar-refractivity contribution in [3.8, 4) is 11.5 Å². The molecule has 0 N–H and O–H groups in total. The molecule has 0 aliphatic heterocycles. The van der Waals surface area contributed by atoms with E-state index in [4.69, 9.17) is 27.0 Å². The molecule has 112 valence electrons. The number of halogens is 2. The van der Waals surface area contributed by atoms with Gasteiger partial charge in [-0.05, 0) is 23.6 Å². The van der Waals surface area contributed by atoms with Crippen molar-refractivity contribution in [2.45, 2.75) is 4.90 Å².